The maximum Gasteiger partial charge on any atom is 0.516 e. The minimum atomic E-state index is -5.49. The van der Waals surface area contributed by atoms with Crippen LogP contribution < -0.4 is 14.4 Å². The number of halogens is 3. The van der Waals surface area contributed by atoms with Crippen molar-refractivity contribution >= 4 is 21.5 Å². The lowest BCUT2D eigenvalue weighted by Gasteiger charge is -2.25. The molecule has 1 aliphatic rings. The maximum absolute atomic E-state index is 12.9. The van der Waals surface area contributed by atoms with Crippen molar-refractivity contribution in [3.05, 3.63) is 23.8 Å². The van der Waals surface area contributed by atoms with E-state index in [4.69, 9.17) is 4.74 Å². The van der Waals surface area contributed by atoms with Gasteiger partial charge in [0, 0.05) is 19.2 Å². The molecule has 1 N–H and O–H groups in total. The molecule has 6 nitrogen and oxygen atoms in total. The van der Waals surface area contributed by atoms with Crippen LogP contribution in [0.1, 0.15) is 19.4 Å². The molecule has 0 spiro atoms. The van der Waals surface area contributed by atoms with Crippen molar-refractivity contribution in [1.29, 1.82) is 0 Å². The van der Waals surface area contributed by atoms with E-state index in [2.05, 4.69) is 10.3 Å². The Labute approximate surface area is 151 Å². The summed E-state index contributed by atoms with van der Waals surface area (Å²) in [5, 5.41) is 3.04. The standard InChI is InChI=1S/C16H22F3N3O3S/c1-11(2)9-12-13(22(3)26(23,24)16(17,18)19)5-4-6-14(12)25-10-15-20-7-8-21-15/h4-6,11H,7-10H2,1-3H3,(H,20,21). The molecule has 0 aliphatic carbocycles. The fourth-order valence-electron chi connectivity index (χ4n) is 2.57. The van der Waals surface area contributed by atoms with Crippen LogP contribution in [-0.4, -0.2) is 46.5 Å². The third-order valence-electron chi connectivity index (χ3n) is 3.82. The van der Waals surface area contributed by atoms with Gasteiger partial charge in [0.1, 0.15) is 18.2 Å². The van der Waals surface area contributed by atoms with E-state index in [0.29, 0.717) is 36.7 Å². The lowest BCUT2D eigenvalue weighted by molar-refractivity contribution is -0.0437. The van der Waals surface area contributed by atoms with E-state index in [1.165, 1.54) is 12.1 Å². The minimum Gasteiger partial charge on any atom is -0.485 e. The molecule has 26 heavy (non-hydrogen) atoms. The third kappa shape index (κ3) is 4.40. The van der Waals surface area contributed by atoms with Crippen LogP contribution in [0.5, 0.6) is 5.75 Å². The van der Waals surface area contributed by atoms with Crippen LogP contribution >= 0.6 is 0 Å². The van der Waals surface area contributed by atoms with E-state index in [0.717, 1.165) is 7.05 Å². The van der Waals surface area contributed by atoms with Gasteiger partial charge in [0.15, 0.2) is 0 Å². The normalized spacial score (nSPS) is 15.0. The Morgan fingerprint density at radius 3 is 2.58 bits per heavy atom. The highest BCUT2D eigenvalue weighted by molar-refractivity contribution is 7.93. The Bertz CT molecular complexity index is 777. The topological polar surface area (TPSA) is 71.0 Å². The van der Waals surface area contributed by atoms with E-state index in [1.54, 1.807) is 6.07 Å². The van der Waals surface area contributed by atoms with Gasteiger partial charge in [-0.25, -0.2) is 0 Å². The number of hydrogen-bond acceptors (Lipinski definition) is 5. The molecule has 0 bridgehead atoms. The van der Waals surface area contributed by atoms with Crippen molar-refractivity contribution in [1.82, 2.24) is 5.32 Å². The first-order valence-corrected chi connectivity index (χ1v) is 9.55. The Kier molecular flexibility index (Phi) is 6.05. The lowest BCUT2D eigenvalue weighted by atomic mass is 10.00. The smallest absolute Gasteiger partial charge is 0.485 e. The summed E-state index contributed by atoms with van der Waals surface area (Å²) in [7, 11) is -4.60. The van der Waals surface area contributed by atoms with Crippen LogP contribution in [-0.2, 0) is 16.4 Å². The second-order valence-corrected chi connectivity index (χ2v) is 8.27. The van der Waals surface area contributed by atoms with E-state index in [1.807, 2.05) is 13.8 Å². The van der Waals surface area contributed by atoms with Gasteiger partial charge in [-0.1, -0.05) is 19.9 Å². The molecule has 0 saturated heterocycles. The summed E-state index contributed by atoms with van der Waals surface area (Å²) in [5.41, 5.74) is -5.01. The summed E-state index contributed by atoms with van der Waals surface area (Å²) in [6.45, 7) is 5.28. The summed E-state index contributed by atoms with van der Waals surface area (Å²) < 4.78 is 68.4. The molecule has 10 heteroatoms. The molecule has 0 unspecified atom stereocenters. The Morgan fingerprint density at radius 2 is 2.04 bits per heavy atom. The number of aliphatic imine (C=N–C) groups is 1. The number of anilines is 1. The molecule has 1 aromatic rings. The van der Waals surface area contributed by atoms with Gasteiger partial charge >= 0.3 is 15.5 Å². The summed E-state index contributed by atoms with van der Waals surface area (Å²) in [6.07, 6.45) is 0.364. The molecule has 0 saturated carbocycles. The average Bonchev–Trinajstić information content (AvgIpc) is 3.05. The Balaban J connectivity index is 2.40. The number of hydrogen-bond donors (Lipinski definition) is 1. The zero-order valence-electron chi connectivity index (χ0n) is 14.8. The first-order valence-electron chi connectivity index (χ1n) is 8.11. The van der Waals surface area contributed by atoms with Crippen molar-refractivity contribution in [2.75, 3.05) is 31.0 Å². The summed E-state index contributed by atoms with van der Waals surface area (Å²) in [5.74, 6) is 1.08. The number of nitrogens with zero attached hydrogens (tertiary/aromatic N) is 2. The number of sulfonamides is 1. The Morgan fingerprint density at radius 1 is 1.35 bits per heavy atom. The second kappa shape index (κ2) is 7.73. The molecular weight excluding hydrogens is 371 g/mol. The SMILES string of the molecule is CC(C)Cc1c(OCC2=NCCN2)cccc1N(C)S(=O)(=O)C(F)(F)F. The fraction of sp³-hybridized carbons (Fsp3) is 0.562. The number of alkyl halides is 3. The highest BCUT2D eigenvalue weighted by Crippen LogP contribution is 2.36. The van der Waals surface area contributed by atoms with Gasteiger partial charge in [-0.15, -0.1) is 0 Å². The minimum absolute atomic E-state index is 0.0464. The van der Waals surface area contributed by atoms with E-state index in [-0.39, 0.29) is 22.5 Å². The predicted octanol–water partition coefficient (Wildman–Crippen LogP) is 2.55. The number of rotatable bonds is 7. The molecule has 146 valence electrons. The van der Waals surface area contributed by atoms with Crippen molar-refractivity contribution in [3.8, 4) is 5.75 Å². The average molecular weight is 393 g/mol. The molecule has 0 aromatic heterocycles. The molecule has 0 fully saturated rings. The third-order valence-corrected chi connectivity index (χ3v) is 5.32. The van der Waals surface area contributed by atoms with Crippen LogP contribution in [0.15, 0.2) is 23.2 Å². The van der Waals surface area contributed by atoms with Gasteiger partial charge in [-0.05, 0) is 24.5 Å². The number of ether oxygens (including phenoxy) is 1. The maximum atomic E-state index is 12.9. The van der Waals surface area contributed by atoms with Gasteiger partial charge in [0.05, 0.1) is 12.2 Å². The van der Waals surface area contributed by atoms with Crippen molar-refractivity contribution < 1.29 is 26.3 Å². The lowest BCUT2D eigenvalue weighted by Crippen LogP contribution is -2.38. The van der Waals surface area contributed by atoms with E-state index < -0.39 is 15.5 Å². The monoisotopic (exact) mass is 393 g/mol. The highest BCUT2D eigenvalue weighted by Gasteiger charge is 2.49. The number of amidine groups is 1. The van der Waals surface area contributed by atoms with E-state index >= 15 is 0 Å². The predicted molar refractivity (Wildman–Crippen MR) is 94.2 cm³/mol. The number of nitrogens with one attached hydrogen (secondary N) is 1. The zero-order valence-corrected chi connectivity index (χ0v) is 15.6. The van der Waals surface area contributed by atoms with Gasteiger partial charge in [-0.3, -0.25) is 9.30 Å². The molecule has 1 aromatic carbocycles. The molecule has 0 amide bonds. The number of benzene rings is 1. The van der Waals surface area contributed by atoms with Crippen molar-refractivity contribution in [2.24, 2.45) is 10.9 Å². The molecule has 0 radical (unpaired) electrons. The van der Waals surface area contributed by atoms with E-state index in [9.17, 15) is 21.6 Å². The summed E-state index contributed by atoms with van der Waals surface area (Å²) in [6, 6.07) is 4.44. The summed E-state index contributed by atoms with van der Waals surface area (Å²) >= 11 is 0. The zero-order chi connectivity index (χ0) is 19.5. The quantitative estimate of drug-likeness (QED) is 0.773. The Hall–Kier alpha value is -1.97. The van der Waals surface area contributed by atoms with Crippen molar-refractivity contribution in [3.63, 3.8) is 0 Å². The van der Waals surface area contributed by atoms with Gasteiger partial charge in [-0.2, -0.15) is 21.6 Å². The van der Waals surface area contributed by atoms with Gasteiger partial charge < -0.3 is 10.1 Å². The largest absolute Gasteiger partial charge is 0.516 e. The van der Waals surface area contributed by atoms with Crippen LogP contribution in [0.3, 0.4) is 0 Å². The van der Waals surface area contributed by atoms with Crippen LogP contribution in [0.2, 0.25) is 0 Å². The summed E-state index contributed by atoms with van der Waals surface area (Å²) in [4.78, 5) is 4.20. The van der Waals surface area contributed by atoms with Crippen molar-refractivity contribution in [2.45, 2.75) is 25.8 Å². The molecule has 2 rings (SSSR count). The second-order valence-electron chi connectivity index (χ2n) is 6.31. The molecular formula is C16H22F3N3O3S. The molecule has 0 atom stereocenters. The van der Waals surface area contributed by atoms with Crippen LogP contribution in [0.4, 0.5) is 18.9 Å². The molecule has 1 aliphatic heterocycles. The molecule has 1 heterocycles. The first-order chi connectivity index (χ1) is 12.0. The van der Waals surface area contributed by atoms with Gasteiger partial charge in [0.2, 0.25) is 0 Å². The van der Waals surface area contributed by atoms with Gasteiger partial charge in [0.25, 0.3) is 0 Å². The first kappa shape index (κ1) is 20.3. The van der Waals surface area contributed by atoms with Crippen LogP contribution in [0, 0.1) is 5.92 Å². The fourth-order valence-corrected chi connectivity index (χ4v) is 3.31. The van der Waals surface area contributed by atoms with Crippen LogP contribution in [0.25, 0.3) is 0 Å². The highest BCUT2D eigenvalue weighted by atomic mass is 32.2.